The first kappa shape index (κ1) is 35.3. The van der Waals surface area contributed by atoms with Crippen LogP contribution in [-0.4, -0.2) is 52.6 Å². The van der Waals surface area contributed by atoms with Crippen LogP contribution in [0.3, 0.4) is 0 Å². The fraction of sp³-hybridized carbons (Fsp3) is 0.280. The van der Waals surface area contributed by atoms with E-state index >= 15 is 0 Å². The van der Waals surface area contributed by atoms with Crippen molar-refractivity contribution in [3.05, 3.63) is 69.2 Å². The van der Waals surface area contributed by atoms with Crippen molar-refractivity contribution in [3.63, 3.8) is 0 Å². The molecule has 4 rings (SSSR count). The van der Waals surface area contributed by atoms with E-state index in [-0.39, 0.29) is 29.0 Å². The number of hydrogen-bond donors (Lipinski definition) is 0. The fourth-order valence-electron chi connectivity index (χ4n) is 2.80. The summed E-state index contributed by atoms with van der Waals surface area (Å²) in [5.74, 6) is -1.89. The minimum Gasteiger partial charge on any atom is -0.651 e. The van der Waals surface area contributed by atoms with Crippen LogP contribution >= 0.6 is 23.5 Å². The minimum absolute atomic E-state index is 0. The van der Waals surface area contributed by atoms with E-state index in [4.69, 9.17) is 0 Å². The number of halogens is 6. The maximum absolute atomic E-state index is 12.1. The number of carbonyl (C=O) groups excluding carboxylic acids is 2. The van der Waals surface area contributed by atoms with Crippen molar-refractivity contribution in [2.45, 2.75) is 29.1 Å². The number of benzene rings is 2. The third-order valence-corrected chi connectivity index (χ3v) is 6.50. The topological polar surface area (TPSA) is 68.8 Å². The van der Waals surface area contributed by atoms with E-state index in [1.54, 1.807) is 6.07 Å². The predicted molar refractivity (Wildman–Crippen MR) is 144 cm³/mol. The first-order valence-electron chi connectivity index (χ1n) is 10.9. The van der Waals surface area contributed by atoms with E-state index in [9.17, 15) is 35.9 Å². The fourth-order valence-corrected chi connectivity index (χ4v) is 4.63. The molecule has 0 spiro atoms. The number of aldehydes is 1. The molecule has 0 amide bonds. The van der Waals surface area contributed by atoms with E-state index in [1.807, 2.05) is 62.3 Å². The normalized spacial score (nSPS) is 15.2. The number of ketones is 1. The smallest absolute Gasteiger partial charge is 0.651 e. The summed E-state index contributed by atoms with van der Waals surface area (Å²) < 4.78 is 67.5. The Morgan fingerprint density at radius 2 is 1.20 bits per heavy atom. The molecule has 2 aromatic rings. The van der Waals surface area contributed by atoms with Gasteiger partial charge in [-0.05, 0) is 46.2 Å². The van der Waals surface area contributed by atoms with E-state index in [2.05, 4.69) is 16.7 Å². The molecule has 40 heavy (non-hydrogen) atoms. The SMILES string of the molecule is CC(F)(F)F.CN(C)c1ccc2c(c1)S/C(=C/C(=O)C(F)(F)F)[N-]2.CN(C)c1ccc2c(c1)S/C(=C/C=O)[N-]2.[Fe+2]. The van der Waals surface area contributed by atoms with Crippen molar-refractivity contribution in [1.82, 2.24) is 0 Å². The van der Waals surface area contributed by atoms with Gasteiger partial charge in [0.15, 0.2) is 0 Å². The van der Waals surface area contributed by atoms with Gasteiger partial charge in [0.05, 0.1) is 0 Å². The van der Waals surface area contributed by atoms with Crippen LogP contribution in [0.5, 0.6) is 0 Å². The van der Waals surface area contributed by atoms with E-state index in [1.165, 1.54) is 17.8 Å². The number of allylic oxidation sites excluding steroid dienone is 2. The van der Waals surface area contributed by atoms with Crippen LogP contribution in [0.4, 0.5) is 49.1 Å². The Hall–Kier alpha value is -2.74. The number of fused-ring (bicyclic) bond motifs is 2. The summed E-state index contributed by atoms with van der Waals surface area (Å²) >= 11 is 2.59. The van der Waals surface area contributed by atoms with Crippen molar-refractivity contribution in [2.75, 3.05) is 38.0 Å². The number of rotatable bonds is 4. The zero-order valence-corrected chi connectivity index (χ0v) is 24.5. The summed E-state index contributed by atoms with van der Waals surface area (Å²) in [7, 11) is 7.73. The van der Waals surface area contributed by atoms with Crippen LogP contribution in [-0.2, 0) is 26.7 Å². The average molecular weight is 646 g/mol. The summed E-state index contributed by atoms with van der Waals surface area (Å²) in [5, 5.41) is 9.13. The molecule has 0 radical (unpaired) electrons. The van der Waals surface area contributed by atoms with E-state index in [0.29, 0.717) is 11.8 Å². The molecule has 2 aliphatic rings. The van der Waals surface area contributed by atoms with Crippen molar-refractivity contribution in [3.8, 4) is 0 Å². The molecule has 0 unspecified atom stereocenters. The van der Waals surface area contributed by atoms with Crippen molar-refractivity contribution < 1.29 is 53.0 Å². The van der Waals surface area contributed by atoms with Gasteiger partial charge >= 0.3 is 29.4 Å². The standard InChI is InChI=1S/C12H11F3N2OS.C11H12N2OS.C2H3F3.Fe/c1-17(2)7-3-4-8-9(5-7)19-11(16-8)6-10(18)12(13,14)15;1-13(2)8-3-4-9-10(7-8)15-11(12-9)5-6-14;1-2(3,4)5;/h3-6H,1-2H3,(H,16,18);3-7H,1-2H3,(H,12,14);1H3;/q;;;+2/p-2. The average Bonchev–Trinajstić information content (AvgIpc) is 3.39. The first-order valence-corrected chi connectivity index (χ1v) is 12.6. The van der Waals surface area contributed by atoms with E-state index in [0.717, 1.165) is 49.9 Å². The molecular weight excluding hydrogens is 622 g/mol. The summed E-state index contributed by atoms with van der Waals surface area (Å²) in [6.07, 6.45) is -6.07. The second-order valence-electron chi connectivity index (χ2n) is 8.29. The molecule has 2 heterocycles. The van der Waals surface area contributed by atoms with Crippen molar-refractivity contribution >= 4 is 58.3 Å². The third-order valence-electron chi connectivity index (χ3n) is 4.55. The predicted octanol–water partition coefficient (Wildman–Crippen LogP) is 8.31. The number of hydrogen-bond acceptors (Lipinski definition) is 6. The second-order valence-corrected chi connectivity index (χ2v) is 10.4. The maximum atomic E-state index is 12.1. The number of anilines is 2. The molecule has 6 nitrogen and oxygen atoms in total. The van der Waals surface area contributed by atoms with Gasteiger partial charge in [-0.1, -0.05) is 22.2 Å². The van der Waals surface area contributed by atoms with Crippen molar-refractivity contribution in [2.24, 2.45) is 0 Å². The summed E-state index contributed by atoms with van der Waals surface area (Å²) in [6, 6.07) is 11.4. The van der Waals surface area contributed by atoms with E-state index < -0.39 is 18.1 Å². The van der Waals surface area contributed by atoms with Gasteiger partial charge in [-0.2, -0.15) is 26.3 Å². The van der Waals surface area contributed by atoms with Gasteiger partial charge in [0.1, 0.15) is 6.29 Å². The molecular formula is C25H24F6FeN4O2S2. The zero-order valence-electron chi connectivity index (χ0n) is 21.7. The van der Waals surface area contributed by atoms with Gasteiger partial charge in [-0.15, -0.1) is 34.9 Å². The molecule has 0 N–H and O–H groups in total. The monoisotopic (exact) mass is 646 g/mol. The van der Waals surface area contributed by atoms with Crippen LogP contribution in [0.25, 0.3) is 10.6 Å². The van der Waals surface area contributed by atoms with Gasteiger partial charge in [-0.3, -0.25) is 9.59 Å². The molecule has 0 bridgehead atoms. The Labute approximate surface area is 247 Å². The van der Waals surface area contributed by atoms with Gasteiger partial charge in [0.2, 0.25) is 0 Å². The number of alkyl halides is 6. The molecule has 218 valence electrons. The number of nitrogens with zero attached hydrogens (tertiary/aromatic N) is 4. The van der Waals surface area contributed by atoms with Crippen LogP contribution in [0, 0.1) is 0 Å². The Kier molecular flexibility index (Phi) is 13.0. The zero-order chi connectivity index (χ0) is 29.5. The molecule has 0 aromatic heterocycles. The molecule has 15 heteroatoms. The minimum atomic E-state index is -4.85. The van der Waals surface area contributed by atoms with Crippen LogP contribution < -0.4 is 9.80 Å². The van der Waals surface area contributed by atoms with Crippen LogP contribution in [0.2, 0.25) is 0 Å². The molecule has 0 saturated heterocycles. The molecule has 0 saturated carbocycles. The van der Waals surface area contributed by atoms with Gasteiger partial charge < -0.3 is 20.4 Å². The molecule has 2 aromatic carbocycles. The quantitative estimate of drug-likeness (QED) is 0.144. The van der Waals surface area contributed by atoms with Crippen LogP contribution in [0.1, 0.15) is 6.92 Å². The second kappa shape index (κ2) is 14.8. The van der Waals surface area contributed by atoms with Gasteiger partial charge in [-0.25, -0.2) is 0 Å². The first-order chi connectivity index (χ1) is 18.0. The molecule has 0 fully saturated rings. The number of thioether (sulfide) groups is 2. The summed E-state index contributed by atoms with van der Waals surface area (Å²) in [5.41, 5.74) is 3.59. The third kappa shape index (κ3) is 11.4. The molecule has 2 aliphatic heterocycles. The summed E-state index contributed by atoms with van der Waals surface area (Å²) in [6.45, 7) is 0.188. The Morgan fingerprint density at radius 1 is 0.800 bits per heavy atom. The van der Waals surface area contributed by atoms with Gasteiger partial charge in [0, 0.05) is 46.5 Å². The molecule has 0 aliphatic carbocycles. The van der Waals surface area contributed by atoms with Gasteiger partial charge in [0.25, 0.3) is 5.78 Å². The van der Waals surface area contributed by atoms with Crippen LogP contribution in [0.15, 0.2) is 68.4 Å². The Balaban J connectivity index is 0.000000341. The largest absolute Gasteiger partial charge is 2.00 e. The Bertz CT molecular complexity index is 1260. The number of carbonyl (C=O) groups is 2. The summed E-state index contributed by atoms with van der Waals surface area (Å²) in [4.78, 5) is 27.0. The Morgan fingerprint density at radius 3 is 1.57 bits per heavy atom. The maximum Gasteiger partial charge on any atom is 2.00 e. The van der Waals surface area contributed by atoms with Crippen molar-refractivity contribution in [1.29, 1.82) is 0 Å². The molecule has 0 atom stereocenters.